The zero-order valence-corrected chi connectivity index (χ0v) is 15.0. The van der Waals surface area contributed by atoms with Crippen LogP contribution in [0.1, 0.15) is 33.6 Å². The van der Waals surface area contributed by atoms with Gasteiger partial charge in [-0.1, -0.05) is 12.1 Å². The van der Waals surface area contributed by atoms with Crippen LogP contribution in [-0.2, 0) is 27.9 Å². The smallest absolute Gasteiger partial charge is 0.269 e. The zero-order chi connectivity index (χ0) is 18.5. The van der Waals surface area contributed by atoms with Crippen molar-refractivity contribution in [2.24, 2.45) is 0 Å². The van der Waals surface area contributed by atoms with Crippen molar-refractivity contribution in [1.29, 1.82) is 0 Å². The van der Waals surface area contributed by atoms with Crippen LogP contribution in [0.15, 0.2) is 41.4 Å². The second-order valence-electron chi connectivity index (χ2n) is 6.47. The molecule has 0 radical (unpaired) electrons. The first kappa shape index (κ1) is 16.7. The predicted octanol–water partition coefficient (Wildman–Crippen LogP) is 1.47. The zero-order valence-electron chi connectivity index (χ0n) is 14.2. The molecule has 26 heavy (non-hydrogen) atoms. The molecule has 1 aromatic carbocycles. The first-order valence-electron chi connectivity index (χ1n) is 8.26. The first-order valence-corrected chi connectivity index (χ1v) is 9.70. The molecule has 2 aromatic rings. The highest BCUT2D eigenvalue weighted by molar-refractivity contribution is 7.90. The molecule has 4 rings (SSSR count). The Morgan fingerprint density at radius 1 is 1.19 bits per heavy atom. The third-order valence-corrected chi connectivity index (χ3v) is 6.58. The number of fused-ring (bicyclic) bond motifs is 2. The third kappa shape index (κ3) is 2.57. The molecule has 2 amide bonds. The van der Waals surface area contributed by atoms with Crippen LogP contribution in [0.5, 0.6) is 0 Å². The van der Waals surface area contributed by atoms with Gasteiger partial charge in [0.05, 0.1) is 5.56 Å². The molecule has 2 aliphatic rings. The average Bonchev–Trinajstić information content (AvgIpc) is 3.11. The van der Waals surface area contributed by atoms with Crippen molar-refractivity contribution in [1.82, 2.24) is 14.2 Å². The van der Waals surface area contributed by atoms with Crippen LogP contribution < -0.4 is 0 Å². The molecular formula is C18H17N3O4S. The highest BCUT2D eigenvalue weighted by Gasteiger charge is 2.41. The molecule has 1 aromatic heterocycles. The number of benzene rings is 1. The van der Waals surface area contributed by atoms with Crippen LogP contribution in [0.4, 0.5) is 0 Å². The molecule has 0 atom stereocenters. The van der Waals surface area contributed by atoms with Gasteiger partial charge in [-0.2, -0.15) is 0 Å². The molecule has 7 nitrogen and oxygen atoms in total. The summed E-state index contributed by atoms with van der Waals surface area (Å²) in [6.45, 7) is 2.69. The Kier molecular flexibility index (Phi) is 3.80. The van der Waals surface area contributed by atoms with Gasteiger partial charge in [0.1, 0.15) is 4.90 Å². The van der Waals surface area contributed by atoms with Gasteiger partial charge in [-0.25, -0.2) is 12.7 Å². The third-order valence-electron chi connectivity index (χ3n) is 4.74. The van der Waals surface area contributed by atoms with Crippen molar-refractivity contribution < 1.29 is 18.0 Å². The van der Waals surface area contributed by atoms with Crippen LogP contribution in [0.25, 0.3) is 0 Å². The van der Waals surface area contributed by atoms with E-state index in [1.165, 1.54) is 12.1 Å². The van der Waals surface area contributed by atoms with Gasteiger partial charge < -0.3 is 4.90 Å². The van der Waals surface area contributed by atoms with Crippen LogP contribution in [-0.4, -0.2) is 41.0 Å². The van der Waals surface area contributed by atoms with E-state index < -0.39 is 15.9 Å². The minimum Gasteiger partial charge on any atom is -0.334 e. The van der Waals surface area contributed by atoms with E-state index in [4.69, 9.17) is 0 Å². The predicted molar refractivity (Wildman–Crippen MR) is 92.5 cm³/mol. The summed E-state index contributed by atoms with van der Waals surface area (Å²) in [4.78, 5) is 30.8. The maximum Gasteiger partial charge on any atom is 0.269 e. The molecule has 0 fully saturated rings. The van der Waals surface area contributed by atoms with Gasteiger partial charge in [0.2, 0.25) is 5.91 Å². The van der Waals surface area contributed by atoms with Gasteiger partial charge in [-0.05, 0) is 36.2 Å². The monoisotopic (exact) mass is 371 g/mol. The van der Waals surface area contributed by atoms with E-state index in [-0.39, 0.29) is 29.3 Å². The minimum atomic E-state index is -3.87. The molecule has 3 heterocycles. The lowest BCUT2D eigenvalue weighted by Crippen LogP contribution is -2.35. The molecule has 0 saturated heterocycles. The summed E-state index contributed by atoms with van der Waals surface area (Å²) < 4.78 is 25.8. The van der Waals surface area contributed by atoms with Crippen LogP contribution >= 0.6 is 0 Å². The number of pyridine rings is 1. The van der Waals surface area contributed by atoms with Crippen LogP contribution in [0.2, 0.25) is 0 Å². The van der Waals surface area contributed by atoms with Gasteiger partial charge in [0.15, 0.2) is 0 Å². The lowest BCUT2D eigenvalue weighted by atomic mass is 10.2. The fourth-order valence-electron chi connectivity index (χ4n) is 3.39. The maximum atomic E-state index is 12.5. The van der Waals surface area contributed by atoms with E-state index in [2.05, 4.69) is 4.98 Å². The van der Waals surface area contributed by atoms with E-state index in [1.54, 1.807) is 23.2 Å². The Morgan fingerprint density at radius 3 is 2.69 bits per heavy atom. The van der Waals surface area contributed by atoms with Crippen molar-refractivity contribution in [2.45, 2.75) is 31.3 Å². The molecule has 0 saturated carbocycles. The number of rotatable bonds is 3. The Hall–Kier alpha value is -2.74. The number of carbonyl (C=O) groups excluding carboxylic acids is 2. The SMILES string of the molecule is Cc1cc2c(cn1)CN(C(=O)CCN1C(=O)c3ccccc3S1(=O)=O)C2. The molecule has 8 heteroatoms. The standard InChI is InChI=1S/C18H17N3O4S/c1-12-8-13-10-20(11-14(13)9-19-12)17(22)6-7-21-18(23)15-4-2-3-5-16(15)26(21,24)25/h2-5,8-9H,6-7,10-11H2,1H3. The van der Waals surface area contributed by atoms with Gasteiger partial charge in [0, 0.05) is 37.9 Å². The molecular weight excluding hydrogens is 354 g/mol. The summed E-state index contributed by atoms with van der Waals surface area (Å²) in [5, 5.41) is 0. The second kappa shape index (κ2) is 5.91. The van der Waals surface area contributed by atoms with Crippen molar-refractivity contribution in [3.05, 3.63) is 58.9 Å². The lowest BCUT2D eigenvalue weighted by Gasteiger charge is -2.18. The number of aromatic nitrogens is 1. The Balaban J connectivity index is 1.46. The highest BCUT2D eigenvalue weighted by atomic mass is 32.2. The molecule has 0 spiro atoms. The molecule has 0 bridgehead atoms. The van der Waals surface area contributed by atoms with E-state index in [1.807, 2.05) is 13.0 Å². The molecule has 0 unspecified atom stereocenters. The van der Waals surface area contributed by atoms with E-state index >= 15 is 0 Å². The molecule has 2 aliphatic heterocycles. The highest BCUT2D eigenvalue weighted by Crippen LogP contribution is 2.30. The van der Waals surface area contributed by atoms with Gasteiger partial charge >= 0.3 is 0 Å². The van der Waals surface area contributed by atoms with E-state index in [0.29, 0.717) is 13.1 Å². The normalized spacial score (nSPS) is 17.3. The number of nitrogens with zero attached hydrogens (tertiary/aromatic N) is 3. The maximum absolute atomic E-state index is 12.5. The van der Waals surface area contributed by atoms with E-state index in [9.17, 15) is 18.0 Å². The Bertz CT molecular complexity index is 1030. The van der Waals surface area contributed by atoms with Crippen molar-refractivity contribution >= 4 is 21.8 Å². The van der Waals surface area contributed by atoms with Gasteiger partial charge in [-0.15, -0.1) is 0 Å². The van der Waals surface area contributed by atoms with Crippen LogP contribution in [0, 0.1) is 6.92 Å². The fraction of sp³-hybridized carbons (Fsp3) is 0.278. The molecule has 0 aliphatic carbocycles. The average molecular weight is 371 g/mol. The molecule has 0 N–H and O–H groups in total. The summed E-state index contributed by atoms with van der Waals surface area (Å²) in [5.41, 5.74) is 3.11. The van der Waals surface area contributed by atoms with Crippen molar-refractivity contribution in [3.8, 4) is 0 Å². The summed E-state index contributed by atoms with van der Waals surface area (Å²) >= 11 is 0. The first-order chi connectivity index (χ1) is 12.4. The number of amides is 2. The Morgan fingerprint density at radius 2 is 1.92 bits per heavy atom. The van der Waals surface area contributed by atoms with Crippen molar-refractivity contribution in [2.75, 3.05) is 6.54 Å². The Labute approximate surface area is 151 Å². The van der Waals surface area contributed by atoms with Crippen molar-refractivity contribution in [3.63, 3.8) is 0 Å². The van der Waals surface area contributed by atoms with Crippen LogP contribution in [0.3, 0.4) is 0 Å². The molecule has 134 valence electrons. The lowest BCUT2D eigenvalue weighted by molar-refractivity contribution is -0.131. The van der Waals surface area contributed by atoms with Gasteiger partial charge in [0.25, 0.3) is 15.9 Å². The van der Waals surface area contributed by atoms with E-state index in [0.717, 1.165) is 21.1 Å². The summed E-state index contributed by atoms with van der Waals surface area (Å²) in [7, 11) is -3.87. The number of hydrogen-bond donors (Lipinski definition) is 0. The number of sulfonamides is 1. The summed E-state index contributed by atoms with van der Waals surface area (Å²) in [5.74, 6) is -0.754. The number of aryl methyl sites for hydroxylation is 1. The number of hydrogen-bond acceptors (Lipinski definition) is 5. The van der Waals surface area contributed by atoms with Gasteiger partial charge in [-0.3, -0.25) is 14.6 Å². The topological polar surface area (TPSA) is 87.7 Å². The largest absolute Gasteiger partial charge is 0.334 e. The summed E-state index contributed by atoms with van der Waals surface area (Å²) in [6.07, 6.45) is 1.72. The quantitative estimate of drug-likeness (QED) is 0.815. The number of carbonyl (C=O) groups is 2. The minimum absolute atomic E-state index is 0.00702. The summed E-state index contributed by atoms with van der Waals surface area (Å²) in [6, 6.07) is 8.06. The second-order valence-corrected chi connectivity index (χ2v) is 8.30. The fourth-order valence-corrected chi connectivity index (χ4v) is 4.95.